The Bertz CT molecular complexity index is 445. The lowest BCUT2D eigenvalue weighted by Crippen LogP contribution is -2.20. The Morgan fingerprint density at radius 2 is 1.83 bits per heavy atom. The summed E-state index contributed by atoms with van der Waals surface area (Å²) in [6.45, 7) is 5.72. The maximum Gasteiger partial charge on any atom is 0.0456 e. The number of hydrogen-bond donors (Lipinski definition) is 1. The first-order valence-electron chi connectivity index (χ1n) is 6.69. The van der Waals surface area contributed by atoms with Gasteiger partial charge in [-0.1, -0.05) is 43.1 Å². The van der Waals surface area contributed by atoms with E-state index < -0.39 is 0 Å². The highest BCUT2D eigenvalue weighted by atomic mass is 35.5. The molecule has 2 fully saturated rings. The fourth-order valence-electron chi connectivity index (χ4n) is 3.09. The third kappa shape index (κ3) is 2.17. The van der Waals surface area contributed by atoms with Crippen molar-refractivity contribution in [1.29, 1.82) is 0 Å². The van der Waals surface area contributed by atoms with Gasteiger partial charge in [0.1, 0.15) is 0 Å². The van der Waals surface area contributed by atoms with Crippen LogP contribution < -0.4 is 5.32 Å². The molecule has 0 amide bonds. The Kier molecular flexibility index (Phi) is 3.12. The van der Waals surface area contributed by atoms with Gasteiger partial charge in [0.15, 0.2) is 0 Å². The molecule has 2 saturated carbocycles. The predicted octanol–water partition coefficient (Wildman–Crippen LogP) is 4.49. The normalized spacial score (nSPS) is 29.3. The van der Waals surface area contributed by atoms with Crippen LogP contribution >= 0.6 is 23.2 Å². The van der Waals surface area contributed by atoms with Gasteiger partial charge in [0, 0.05) is 16.1 Å². The number of halogens is 2. The SMILES string of the molecule is CC1(C)C(CNC2CC2)C1c1c(Cl)cccc1Cl. The maximum absolute atomic E-state index is 6.33. The average Bonchev–Trinajstić information content (AvgIpc) is 3.16. The summed E-state index contributed by atoms with van der Waals surface area (Å²) in [5.74, 6) is 1.14. The predicted molar refractivity (Wildman–Crippen MR) is 77.5 cm³/mol. The minimum atomic E-state index is 0.302. The molecule has 2 aliphatic rings. The van der Waals surface area contributed by atoms with Crippen LogP contribution in [0.25, 0.3) is 0 Å². The van der Waals surface area contributed by atoms with Crippen molar-refractivity contribution in [3.63, 3.8) is 0 Å². The standard InChI is InChI=1S/C15H19Cl2N/c1-15(2)10(8-18-9-6-7-9)14(15)13-11(16)4-3-5-12(13)17/h3-5,9-10,14,18H,6-8H2,1-2H3. The van der Waals surface area contributed by atoms with E-state index in [1.807, 2.05) is 18.2 Å². The molecule has 0 aliphatic heterocycles. The third-order valence-corrected chi connectivity index (χ3v) is 5.22. The first kappa shape index (κ1) is 12.8. The molecule has 0 saturated heterocycles. The molecule has 0 heterocycles. The van der Waals surface area contributed by atoms with Gasteiger partial charge in [0.25, 0.3) is 0 Å². The average molecular weight is 284 g/mol. The lowest BCUT2D eigenvalue weighted by atomic mass is 10.0. The molecule has 0 spiro atoms. The molecule has 0 radical (unpaired) electrons. The van der Waals surface area contributed by atoms with Crippen molar-refractivity contribution in [2.45, 2.75) is 38.6 Å². The Balaban J connectivity index is 1.79. The molecule has 1 aromatic rings. The number of benzene rings is 1. The molecule has 2 aliphatic carbocycles. The van der Waals surface area contributed by atoms with Gasteiger partial charge in [-0.3, -0.25) is 0 Å². The minimum absolute atomic E-state index is 0.302. The largest absolute Gasteiger partial charge is 0.314 e. The van der Waals surface area contributed by atoms with Crippen molar-refractivity contribution < 1.29 is 0 Å². The molecule has 0 aromatic heterocycles. The molecule has 3 heteroatoms. The van der Waals surface area contributed by atoms with Gasteiger partial charge in [-0.05, 0) is 54.3 Å². The first-order valence-corrected chi connectivity index (χ1v) is 7.44. The second kappa shape index (κ2) is 4.40. The second-order valence-electron chi connectivity index (χ2n) is 6.22. The minimum Gasteiger partial charge on any atom is -0.314 e. The highest BCUT2D eigenvalue weighted by Gasteiger charge is 2.59. The monoisotopic (exact) mass is 283 g/mol. The molecule has 2 atom stereocenters. The fourth-order valence-corrected chi connectivity index (χ4v) is 3.72. The molecule has 1 nitrogen and oxygen atoms in total. The molecule has 2 unspecified atom stereocenters. The number of rotatable bonds is 4. The van der Waals surface area contributed by atoms with E-state index in [2.05, 4.69) is 19.2 Å². The zero-order chi connectivity index (χ0) is 12.9. The molecule has 0 bridgehead atoms. The highest BCUT2D eigenvalue weighted by Crippen LogP contribution is 2.66. The zero-order valence-electron chi connectivity index (χ0n) is 10.8. The summed E-state index contributed by atoms with van der Waals surface area (Å²) >= 11 is 12.7. The van der Waals surface area contributed by atoms with Crippen LogP contribution in [0.1, 0.15) is 38.2 Å². The van der Waals surface area contributed by atoms with Gasteiger partial charge < -0.3 is 5.32 Å². The lowest BCUT2D eigenvalue weighted by Gasteiger charge is -2.08. The summed E-state index contributed by atoms with van der Waals surface area (Å²) in [6, 6.07) is 6.58. The van der Waals surface area contributed by atoms with Gasteiger partial charge in [-0.25, -0.2) is 0 Å². The molecule has 1 N–H and O–H groups in total. The van der Waals surface area contributed by atoms with Gasteiger partial charge in [0.05, 0.1) is 0 Å². The van der Waals surface area contributed by atoms with Crippen LogP contribution in [-0.2, 0) is 0 Å². The van der Waals surface area contributed by atoms with Crippen molar-refractivity contribution in [2.24, 2.45) is 11.3 Å². The highest BCUT2D eigenvalue weighted by molar-refractivity contribution is 6.36. The van der Waals surface area contributed by atoms with Gasteiger partial charge in [-0.2, -0.15) is 0 Å². The summed E-state index contributed by atoms with van der Waals surface area (Å²) in [5, 5.41) is 5.26. The van der Waals surface area contributed by atoms with Crippen LogP contribution in [0, 0.1) is 11.3 Å². The summed E-state index contributed by atoms with van der Waals surface area (Å²) in [6.07, 6.45) is 2.68. The molecule has 1 aromatic carbocycles. The van der Waals surface area contributed by atoms with Crippen LogP contribution in [-0.4, -0.2) is 12.6 Å². The Morgan fingerprint density at radius 1 is 1.22 bits per heavy atom. The summed E-state index contributed by atoms with van der Waals surface area (Å²) in [4.78, 5) is 0. The van der Waals surface area contributed by atoms with Crippen LogP contribution in [0.4, 0.5) is 0 Å². The van der Waals surface area contributed by atoms with Crippen LogP contribution in [0.2, 0.25) is 10.0 Å². The van der Waals surface area contributed by atoms with Crippen LogP contribution in [0.3, 0.4) is 0 Å². The summed E-state index contributed by atoms with van der Waals surface area (Å²) in [5.41, 5.74) is 1.45. The Morgan fingerprint density at radius 3 is 2.39 bits per heavy atom. The van der Waals surface area contributed by atoms with Crippen LogP contribution in [0.15, 0.2) is 18.2 Å². The number of hydrogen-bond acceptors (Lipinski definition) is 1. The smallest absolute Gasteiger partial charge is 0.0456 e. The molecule has 18 heavy (non-hydrogen) atoms. The fraction of sp³-hybridized carbons (Fsp3) is 0.600. The van der Waals surface area contributed by atoms with E-state index >= 15 is 0 Å². The molecular weight excluding hydrogens is 265 g/mol. The zero-order valence-corrected chi connectivity index (χ0v) is 12.4. The third-order valence-electron chi connectivity index (χ3n) is 4.56. The van der Waals surface area contributed by atoms with E-state index in [0.29, 0.717) is 17.3 Å². The lowest BCUT2D eigenvalue weighted by molar-refractivity contribution is 0.517. The van der Waals surface area contributed by atoms with Crippen LogP contribution in [0.5, 0.6) is 0 Å². The van der Waals surface area contributed by atoms with Crippen molar-refractivity contribution >= 4 is 23.2 Å². The van der Waals surface area contributed by atoms with Crippen molar-refractivity contribution in [3.8, 4) is 0 Å². The molecule has 3 rings (SSSR count). The van der Waals surface area contributed by atoms with Crippen molar-refractivity contribution in [2.75, 3.05) is 6.54 Å². The first-order chi connectivity index (χ1) is 8.51. The van der Waals surface area contributed by atoms with E-state index in [4.69, 9.17) is 23.2 Å². The van der Waals surface area contributed by atoms with Crippen molar-refractivity contribution in [1.82, 2.24) is 5.32 Å². The van der Waals surface area contributed by atoms with Gasteiger partial charge >= 0.3 is 0 Å². The molecular formula is C15H19Cl2N. The summed E-state index contributed by atoms with van der Waals surface area (Å²) in [7, 11) is 0. The van der Waals surface area contributed by atoms with E-state index in [1.165, 1.54) is 12.8 Å². The quantitative estimate of drug-likeness (QED) is 0.859. The van der Waals surface area contributed by atoms with Gasteiger partial charge in [0.2, 0.25) is 0 Å². The molecule has 98 valence electrons. The maximum atomic E-state index is 6.33. The van der Waals surface area contributed by atoms with E-state index in [1.54, 1.807) is 0 Å². The Labute approximate surface area is 119 Å². The van der Waals surface area contributed by atoms with E-state index in [-0.39, 0.29) is 0 Å². The van der Waals surface area contributed by atoms with E-state index in [0.717, 1.165) is 28.2 Å². The Hall–Kier alpha value is -0.240. The van der Waals surface area contributed by atoms with Gasteiger partial charge in [-0.15, -0.1) is 0 Å². The number of nitrogens with one attached hydrogen (secondary N) is 1. The summed E-state index contributed by atoms with van der Waals surface area (Å²) < 4.78 is 0. The van der Waals surface area contributed by atoms with Crippen molar-refractivity contribution in [3.05, 3.63) is 33.8 Å². The topological polar surface area (TPSA) is 12.0 Å². The second-order valence-corrected chi connectivity index (χ2v) is 7.04. The van der Waals surface area contributed by atoms with E-state index in [9.17, 15) is 0 Å².